The number of para-hydroxylation sites is 1. The average Bonchev–Trinajstić information content (AvgIpc) is 3.63. The Morgan fingerprint density at radius 1 is 1.10 bits per heavy atom. The van der Waals surface area contributed by atoms with Crippen molar-refractivity contribution < 1.29 is 33.4 Å². The minimum Gasteiger partial charge on any atom is -0.444 e. The molecule has 0 bridgehead atoms. The van der Waals surface area contributed by atoms with Crippen molar-refractivity contribution in [3.63, 3.8) is 0 Å². The average molecular weight is 678 g/mol. The van der Waals surface area contributed by atoms with Gasteiger partial charge in [-0.25, -0.2) is 19.1 Å². The molecule has 2 aromatic heterocycles. The number of nitrogens with one attached hydrogen (secondary N) is 1. The summed E-state index contributed by atoms with van der Waals surface area (Å²) in [6, 6.07) is 7.84. The number of primary amides is 1. The van der Waals surface area contributed by atoms with Crippen LogP contribution in [-0.2, 0) is 43.2 Å². The highest BCUT2D eigenvalue weighted by atomic mass is 16.6. The zero-order valence-electron chi connectivity index (χ0n) is 29.1. The van der Waals surface area contributed by atoms with Gasteiger partial charge in [0.2, 0.25) is 5.91 Å². The van der Waals surface area contributed by atoms with Gasteiger partial charge in [-0.05, 0) is 69.2 Å². The molecule has 2 atom stereocenters. The van der Waals surface area contributed by atoms with Crippen molar-refractivity contribution in [2.75, 3.05) is 13.2 Å². The van der Waals surface area contributed by atoms with E-state index in [2.05, 4.69) is 26.1 Å². The molecule has 1 aliphatic heterocycles. The summed E-state index contributed by atoms with van der Waals surface area (Å²) in [6.07, 6.45) is 3.85. The molecule has 1 fully saturated rings. The van der Waals surface area contributed by atoms with Crippen LogP contribution in [0.4, 0.5) is 9.59 Å². The molecule has 264 valence electrons. The van der Waals surface area contributed by atoms with Gasteiger partial charge in [-0.3, -0.25) is 14.4 Å². The third-order valence-corrected chi connectivity index (χ3v) is 7.66. The zero-order chi connectivity index (χ0) is 35.9. The number of hydrogen-bond donors (Lipinski definition) is 2. The highest BCUT2D eigenvalue weighted by molar-refractivity contribution is 5.90. The van der Waals surface area contributed by atoms with Crippen LogP contribution in [0.25, 0.3) is 11.0 Å². The number of imidazole rings is 1. The van der Waals surface area contributed by atoms with Gasteiger partial charge in [0, 0.05) is 24.6 Å². The van der Waals surface area contributed by atoms with Crippen LogP contribution in [0.2, 0.25) is 0 Å². The zero-order valence-corrected chi connectivity index (χ0v) is 29.1. The van der Waals surface area contributed by atoms with E-state index in [0.29, 0.717) is 36.3 Å². The number of rotatable bonds is 12. The lowest BCUT2D eigenvalue weighted by molar-refractivity contribution is -0.120. The number of ketones is 1. The van der Waals surface area contributed by atoms with Gasteiger partial charge in [0.1, 0.15) is 17.5 Å². The van der Waals surface area contributed by atoms with Crippen molar-refractivity contribution in [1.82, 2.24) is 19.4 Å². The Morgan fingerprint density at radius 2 is 1.84 bits per heavy atom. The number of carbonyl (C=O) groups excluding carboxylic acids is 4. The number of hydrogen-bond acceptors (Lipinski definition) is 9. The number of nitrogens with two attached hydrogens (primary N) is 1. The van der Waals surface area contributed by atoms with E-state index in [0.717, 1.165) is 5.56 Å². The molecule has 1 aromatic carbocycles. The molecule has 0 radical (unpaired) electrons. The number of Topliss-reactive ketones (excluding diaryl/α,β-unsaturated/α-hetero) is 1. The summed E-state index contributed by atoms with van der Waals surface area (Å²) in [5.74, 6) is -0.752. The Kier molecular flexibility index (Phi) is 11.8. The van der Waals surface area contributed by atoms with Crippen LogP contribution in [0.5, 0.6) is 0 Å². The monoisotopic (exact) mass is 677 g/mol. The SMILES string of the molecule is CC(C)(C)Cc1cccc2c1nc(Cn1cccc(CC(=O)[C@H](CC/C=C/C(N)=O)NC(=O)OC3CCOC3)c1=O)n2C(=O)OC(C)(C)C. The first-order chi connectivity index (χ1) is 23.0. The third-order valence-electron chi connectivity index (χ3n) is 7.66. The number of amides is 2. The minimum absolute atomic E-state index is 0.0472. The summed E-state index contributed by atoms with van der Waals surface area (Å²) in [5, 5.41) is 2.61. The second-order valence-electron chi connectivity index (χ2n) is 14.4. The topological polar surface area (TPSA) is 174 Å². The van der Waals surface area contributed by atoms with Crippen LogP contribution in [0.3, 0.4) is 0 Å². The van der Waals surface area contributed by atoms with Gasteiger partial charge in [-0.15, -0.1) is 0 Å². The Balaban J connectivity index is 1.63. The van der Waals surface area contributed by atoms with Crippen LogP contribution < -0.4 is 16.6 Å². The standard InChI is InChI=1S/C36H47N5O8/c1-35(2,3)20-24-11-9-14-27-31(24)39-30(41(27)34(46)49-36(4,5)6)21-40-17-10-12-23(32(40)44)19-28(42)26(13-7-8-15-29(37)43)38-33(45)48-25-16-18-47-22-25/h8-12,14-15,17,25-26H,7,13,16,18-22H2,1-6H3,(H2,37,43)(H,38,45)/b15-8+/t25?,26-/m0/s1. The lowest BCUT2D eigenvalue weighted by Crippen LogP contribution is -2.43. The number of alkyl carbamates (subject to hydrolysis) is 1. The maximum Gasteiger partial charge on any atom is 0.420 e. The number of benzene rings is 1. The van der Waals surface area contributed by atoms with E-state index in [1.165, 1.54) is 21.3 Å². The smallest absolute Gasteiger partial charge is 0.420 e. The molecule has 13 nitrogen and oxygen atoms in total. The van der Waals surface area contributed by atoms with Crippen molar-refractivity contribution in [3.8, 4) is 0 Å². The summed E-state index contributed by atoms with van der Waals surface area (Å²) in [6.45, 7) is 12.4. The fourth-order valence-electron chi connectivity index (χ4n) is 5.56. The van der Waals surface area contributed by atoms with E-state index < -0.39 is 47.2 Å². The number of carbonyl (C=O) groups is 4. The van der Waals surface area contributed by atoms with E-state index in [4.69, 9.17) is 24.9 Å². The number of allylic oxidation sites excluding steroid dienone is 1. The molecule has 13 heteroatoms. The minimum atomic E-state index is -1.00. The van der Waals surface area contributed by atoms with Gasteiger partial charge < -0.3 is 29.8 Å². The summed E-state index contributed by atoms with van der Waals surface area (Å²) >= 11 is 0. The second kappa shape index (κ2) is 15.6. The molecule has 0 spiro atoms. The second-order valence-corrected chi connectivity index (χ2v) is 14.4. The first-order valence-electron chi connectivity index (χ1n) is 16.5. The molecule has 3 aromatic rings. The number of pyridine rings is 1. The fourth-order valence-corrected chi connectivity index (χ4v) is 5.56. The largest absolute Gasteiger partial charge is 0.444 e. The summed E-state index contributed by atoms with van der Waals surface area (Å²) in [7, 11) is 0. The number of ether oxygens (including phenoxy) is 3. The van der Waals surface area contributed by atoms with Crippen LogP contribution in [-0.4, -0.2) is 69.0 Å². The maximum atomic E-state index is 13.8. The fraction of sp³-hybridized carbons (Fsp3) is 0.500. The normalized spacial score (nSPS) is 15.8. The first kappa shape index (κ1) is 37.0. The molecule has 49 heavy (non-hydrogen) atoms. The number of nitrogens with zero attached hydrogens (tertiary/aromatic N) is 3. The van der Waals surface area contributed by atoms with E-state index >= 15 is 0 Å². The highest BCUT2D eigenvalue weighted by Crippen LogP contribution is 2.28. The predicted molar refractivity (Wildman–Crippen MR) is 183 cm³/mol. The first-order valence-corrected chi connectivity index (χ1v) is 16.5. The number of aromatic nitrogens is 3. The molecular formula is C36H47N5O8. The van der Waals surface area contributed by atoms with Gasteiger partial charge in [0.15, 0.2) is 5.78 Å². The summed E-state index contributed by atoms with van der Waals surface area (Å²) < 4.78 is 19.2. The Hall–Kier alpha value is -4.78. The van der Waals surface area contributed by atoms with Crippen molar-refractivity contribution in [2.24, 2.45) is 11.1 Å². The molecule has 4 rings (SSSR count). The molecule has 0 aliphatic carbocycles. The lowest BCUT2D eigenvalue weighted by Gasteiger charge is -2.21. The van der Waals surface area contributed by atoms with Crippen molar-refractivity contribution >= 4 is 34.9 Å². The quantitative estimate of drug-likeness (QED) is 0.263. The number of fused-ring (bicyclic) bond motifs is 1. The molecule has 0 saturated carbocycles. The molecule has 1 unspecified atom stereocenters. The Bertz CT molecular complexity index is 1770. The van der Waals surface area contributed by atoms with Gasteiger partial charge >= 0.3 is 12.2 Å². The predicted octanol–water partition coefficient (Wildman–Crippen LogP) is 4.44. The van der Waals surface area contributed by atoms with Crippen molar-refractivity contribution in [2.45, 2.75) is 97.9 Å². The van der Waals surface area contributed by atoms with Crippen molar-refractivity contribution in [3.05, 3.63) is 76.0 Å². The van der Waals surface area contributed by atoms with Gasteiger partial charge in [0.25, 0.3) is 5.56 Å². The summed E-state index contributed by atoms with van der Waals surface area (Å²) in [5.41, 5.74) is 6.27. The molecule has 1 saturated heterocycles. The van der Waals surface area contributed by atoms with Crippen molar-refractivity contribution in [1.29, 1.82) is 0 Å². The maximum absolute atomic E-state index is 13.8. The molecular weight excluding hydrogens is 630 g/mol. The van der Waals surface area contributed by atoms with E-state index in [9.17, 15) is 24.0 Å². The summed E-state index contributed by atoms with van der Waals surface area (Å²) in [4.78, 5) is 69.5. The van der Waals surface area contributed by atoms with E-state index in [1.807, 2.05) is 12.1 Å². The van der Waals surface area contributed by atoms with Crippen LogP contribution in [0, 0.1) is 5.41 Å². The molecule has 1 aliphatic rings. The lowest BCUT2D eigenvalue weighted by atomic mass is 9.88. The van der Waals surface area contributed by atoms with Crippen LogP contribution >= 0.6 is 0 Å². The van der Waals surface area contributed by atoms with Gasteiger partial charge in [0.05, 0.1) is 36.8 Å². The highest BCUT2D eigenvalue weighted by Gasteiger charge is 2.28. The third kappa shape index (κ3) is 10.6. The molecule has 3 heterocycles. The van der Waals surface area contributed by atoms with Gasteiger partial charge in [-0.1, -0.05) is 45.0 Å². The molecule has 2 amide bonds. The molecule has 3 N–H and O–H groups in total. The Morgan fingerprint density at radius 3 is 2.49 bits per heavy atom. The van der Waals surface area contributed by atoms with Crippen LogP contribution in [0.15, 0.2) is 53.5 Å². The van der Waals surface area contributed by atoms with E-state index in [-0.39, 0.29) is 43.4 Å². The van der Waals surface area contributed by atoms with Gasteiger partial charge in [-0.2, -0.15) is 0 Å². The van der Waals surface area contributed by atoms with E-state index in [1.54, 1.807) is 45.2 Å². The Labute approximate surface area is 285 Å². The van der Waals surface area contributed by atoms with Crippen LogP contribution in [0.1, 0.15) is 77.8 Å².